The van der Waals surface area contributed by atoms with Crippen LogP contribution in [0.3, 0.4) is 0 Å². The highest BCUT2D eigenvalue weighted by molar-refractivity contribution is 6.00. The number of aryl methyl sites for hydroxylation is 3. The van der Waals surface area contributed by atoms with Crippen molar-refractivity contribution in [2.24, 2.45) is 0 Å². The molecule has 25 heavy (non-hydrogen) atoms. The van der Waals surface area contributed by atoms with Gasteiger partial charge in [0, 0.05) is 35.7 Å². The fourth-order valence-corrected chi connectivity index (χ4v) is 2.39. The van der Waals surface area contributed by atoms with E-state index in [9.17, 15) is 19.7 Å². The minimum atomic E-state index is -0.492. The number of benzene rings is 2. The maximum absolute atomic E-state index is 12.2. The van der Waals surface area contributed by atoms with E-state index in [-0.39, 0.29) is 30.2 Å². The first-order valence-corrected chi connectivity index (χ1v) is 7.93. The molecule has 0 spiro atoms. The molecule has 0 aliphatic rings. The molecule has 0 saturated carbocycles. The van der Waals surface area contributed by atoms with Gasteiger partial charge in [-0.1, -0.05) is 18.2 Å². The molecule has 0 aromatic heterocycles. The normalized spacial score (nSPS) is 10.4. The van der Waals surface area contributed by atoms with Crippen LogP contribution in [0.1, 0.15) is 39.9 Å². The average molecular weight is 340 g/mol. The maximum Gasteiger partial charge on any atom is 0.274 e. The van der Waals surface area contributed by atoms with Crippen molar-refractivity contribution in [1.82, 2.24) is 0 Å². The molecule has 6 nitrogen and oxygen atoms in total. The van der Waals surface area contributed by atoms with Gasteiger partial charge >= 0.3 is 0 Å². The van der Waals surface area contributed by atoms with Gasteiger partial charge in [0.25, 0.3) is 5.69 Å². The third-order valence-electron chi connectivity index (χ3n) is 4.10. The van der Waals surface area contributed by atoms with Gasteiger partial charge in [-0.05, 0) is 44.0 Å². The lowest BCUT2D eigenvalue weighted by Crippen LogP contribution is -2.14. The number of amides is 1. The molecule has 2 aromatic rings. The number of ketones is 1. The van der Waals surface area contributed by atoms with E-state index in [1.807, 2.05) is 26.0 Å². The summed E-state index contributed by atoms with van der Waals surface area (Å²) in [7, 11) is 0. The second-order valence-corrected chi connectivity index (χ2v) is 6.03. The van der Waals surface area contributed by atoms with Crippen LogP contribution in [0.15, 0.2) is 36.4 Å². The molecule has 130 valence electrons. The van der Waals surface area contributed by atoms with Gasteiger partial charge in [0.05, 0.1) is 4.92 Å². The number of carbonyl (C=O) groups excluding carboxylic acids is 2. The second-order valence-electron chi connectivity index (χ2n) is 6.03. The van der Waals surface area contributed by atoms with Gasteiger partial charge in [-0.25, -0.2) is 0 Å². The number of anilines is 1. The number of hydrogen-bond donors (Lipinski definition) is 1. The first-order chi connectivity index (χ1) is 11.8. The lowest BCUT2D eigenvalue weighted by atomic mass is 10.0. The number of carbonyl (C=O) groups is 2. The van der Waals surface area contributed by atoms with Crippen LogP contribution >= 0.6 is 0 Å². The Morgan fingerprint density at radius 3 is 2.28 bits per heavy atom. The van der Waals surface area contributed by atoms with E-state index in [1.54, 1.807) is 25.1 Å². The lowest BCUT2D eigenvalue weighted by Gasteiger charge is -2.07. The molecule has 0 atom stereocenters. The molecule has 2 rings (SSSR count). The van der Waals surface area contributed by atoms with Crippen LogP contribution in [-0.4, -0.2) is 16.6 Å². The predicted molar refractivity (Wildman–Crippen MR) is 95.9 cm³/mol. The summed E-state index contributed by atoms with van der Waals surface area (Å²) in [6, 6.07) is 9.95. The first-order valence-electron chi connectivity index (χ1n) is 7.93. The Balaban J connectivity index is 1.96. The van der Waals surface area contributed by atoms with Crippen LogP contribution in [0.5, 0.6) is 0 Å². The second kappa shape index (κ2) is 7.70. The van der Waals surface area contributed by atoms with Gasteiger partial charge in [0.15, 0.2) is 5.78 Å². The quantitative estimate of drug-likeness (QED) is 0.486. The summed E-state index contributed by atoms with van der Waals surface area (Å²) in [6.45, 7) is 5.53. The minimum Gasteiger partial charge on any atom is -0.326 e. The fraction of sp³-hybridized carbons (Fsp3) is 0.263. The molecule has 0 bridgehead atoms. The van der Waals surface area contributed by atoms with Crippen LogP contribution in [0.25, 0.3) is 0 Å². The molecule has 2 aromatic carbocycles. The number of nitrogens with one attached hydrogen (secondary N) is 1. The van der Waals surface area contributed by atoms with Crippen LogP contribution in [0.2, 0.25) is 0 Å². The summed E-state index contributed by atoms with van der Waals surface area (Å²) in [6.07, 6.45) is 0.107. The Bertz CT molecular complexity index is 843. The number of nitro benzene ring substituents is 1. The van der Waals surface area contributed by atoms with Crippen molar-refractivity contribution in [2.75, 3.05) is 5.32 Å². The molecule has 1 amide bonds. The van der Waals surface area contributed by atoms with Crippen LogP contribution in [0, 0.1) is 30.9 Å². The third-order valence-corrected chi connectivity index (χ3v) is 4.10. The smallest absolute Gasteiger partial charge is 0.274 e. The Hall–Kier alpha value is -3.02. The predicted octanol–water partition coefficient (Wildman–Crippen LogP) is 4.12. The summed E-state index contributed by atoms with van der Waals surface area (Å²) in [5, 5.41) is 13.5. The van der Waals surface area contributed by atoms with Crippen molar-refractivity contribution >= 4 is 23.1 Å². The SMILES string of the molecule is Cc1ccc(C(=O)CCC(=O)Nc2ccc(C)c([N+](=O)[O-])c2)cc1C. The zero-order valence-electron chi connectivity index (χ0n) is 14.5. The molecule has 6 heteroatoms. The topological polar surface area (TPSA) is 89.3 Å². The van der Waals surface area contributed by atoms with Gasteiger partial charge in [-0.2, -0.15) is 0 Å². The van der Waals surface area contributed by atoms with E-state index >= 15 is 0 Å². The largest absolute Gasteiger partial charge is 0.326 e. The molecule has 0 radical (unpaired) electrons. The highest BCUT2D eigenvalue weighted by Crippen LogP contribution is 2.22. The standard InChI is InChI=1S/C19H20N2O4/c1-12-4-6-15(10-14(12)3)18(22)8-9-19(23)20-16-7-5-13(2)17(11-16)21(24)25/h4-7,10-11H,8-9H2,1-3H3,(H,20,23). The molecule has 0 heterocycles. The first kappa shape index (κ1) is 18.3. The van der Waals surface area contributed by atoms with E-state index in [4.69, 9.17) is 0 Å². The molecular formula is C19H20N2O4. The Morgan fingerprint density at radius 1 is 0.960 bits per heavy atom. The van der Waals surface area contributed by atoms with Gasteiger partial charge in [-0.15, -0.1) is 0 Å². The van der Waals surface area contributed by atoms with E-state index in [1.165, 1.54) is 6.07 Å². The monoisotopic (exact) mass is 340 g/mol. The molecule has 0 fully saturated rings. The molecule has 1 N–H and O–H groups in total. The number of nitrogens with zero attached hydrogens (tertiary/aromatic N) is 1. The summed E-state index contributed by atoms with van der Waals surface area (Å²) < 4.78 is 0. The van der Waals surface area contributed by atoms with Gasteiger partial charge in [-0.3, -0.25) is 19.7 Å². The highest BCUT2D eigenvalue weighted by atomic mass is 16.6. The molecule has 0 unspecified atom stereocenters. The van der Waals surface area contributed by atoms with Crippen molar-refractivity contribution in [1.29, 1.82) is 0 Å². The third kappa shape index (κ3) is 4.73. The molecule has 0 saturated heterocycles. The number of Topliss-reactive ketones (excluding diaryl/α,β-unsaturated/α-hetero) is 1. The van der Waals surface area contributed by atoms with Gasteiger partial charge in [0.1, 0.15) is 0 Å². The van der Waals surface area contributed by atoms with Crippen molar-refractivity contribution in [3.63, 3.8) is 0 Å². The Labute approximate surface area is 146 Å². The zero-order chi connectivity index (χ0) is 18.6. The maximum atomic E-state index is 12.2. The van der Waals surface area contributed by atoms with E-state index < -0.39 is 4.92 Å². The van der Waals surface area contributed by atoms with Gasteiger partial charge in [0.2, 0.25) is 5.91 Å². The summed E-state index contributed by atoms with van der Waals surface area (Å²) in [5.74, 6) is -0.455. The molecule has 0 aliphatic carbocycles. The fourth-order valence-electron chi connectivity index (χ4n) is 2.39. The Kier molecular flexibility index (Phi) is 5.64. The zero-order valence-corrected chi connectivity index (χ0v) is 14.5. The number of nitro groups is 1. The molecular weight excluding hydrogens is 320 g/mol. The summed E-state index contributed by atoms with van der Waals surface area (Å²) in [5.41, 5.74) is 3.54. The van der Waals surface area contributed by atoms with Crippen molar-refractivity contribution in [2.45, 2.75) is 33.6 Å². The van der Waals surface area contributed by atoms with Crippen molar-refractivity contribution < 1.29 is 14.5 Å². The minimum absolute atomic E-state index is 0.0213. The summed E-state index contributed by atoms with van der Waals surface area (Å²) >= 11 is 0. The van der Waals surface area contributed by atoms with Crippen LogP contribution in [-0.2, 0) is 4.79 Å². The van der Waals surface area contributed by atoms with Crippen LogP contribution < -0.4 is 5.32 Å². The van der Waals surface area contributed by atoms with E-state index in [2.05, 4.69) is 5.32 Å². The summed E-state index contributed by atoms with van der Waals surface area (Å²) in [4.78, 5) is 34.6. The van der Waals surface area contributed by atoms with Crippen molar-refractivity contribution in [3.8, 4) is 0 Å². The molecule has 0 aliphatic heterocycles. The van der Waals surface area contributed by atoms with Crippen molar-refractivity contribution in [3.05, 3.63) is 68.8 Å². The average Bonchev–Trinajstić information content (AvgIpc) is 2.56. The van der Waals surface area contributed by atoms with E-state index in [0.29, 0.717) is 16.8 Å². The van der Waals surface area contributed by atoms with Gasteiger partial charge < -0.3 is 5.32 Å². The lowest BCUT2D eigenvalue weighted by molar-refractivity contribution is -0.385. The highest BCUT2D eigenvalue weighted by Gasteiger charge is 2.14. The number of hydrogen-bond acceptors (Lipinski definition) is 4. The Morgan fingerprint density at radius 2 is 1.64 bits per heavy atom. The van der Waals surface area contributed by atoms with E-state index in [0.717, 1.165) is 11.1 Å². The van der Waals surface area contributed by atoms with Crippen LogP contribution in [0.4, 0.5) is 11.4 Å². The number of rotatable bonds is 6.